The third-order valence-electron chi connectivity index (χ3n) is 1.81. The summed E-state index contributed by atoms with van der Waals surface area (Å²) in [6.07, 6.45) is 0. The molecule has 1 heterocycles. The number of anilines is 1. The molecule has 1 unspecified atom stereocenters. The lowest BCUT2D eigenvalue weighted by Gasteiger charge is -2.09. The molecule has 0 radical (unpaired) electrons. The lowest BCUT2D eigenvalue weighted by atomic mass is 10.2. The van der Waals surface area contributed by atoms with Gasteiger partial charge in [-0.2, -0.15) is 10.5 Å². The number of aromatic nitrogens is 1. The zero-order valence-electron chi connectivity index (χ0n) is 8.97. The largest absolute Gasteiger partial charge is 0.366 e. The first-order valence-electron chi connectivity index (χ1n) is 4.47. The van der Waals surface area contributed by atoms with Crippen molar-refractivity contribution in [3.8, 4) is 12.1 Å². The van der Waals surface area contributed by atoms with Gasteiger partial charge in [-0.15, -0.1) is 0 Å². The molecule has 0 aromatic carbocycles. The number of thioether (sulfide) groups is 1. The van der Waals surface area contributed by atoms with Crippen LogP contribution in [0.5, 0.6) is 0 Å². The molecule has 0 aliphatic rings. The van der Waals surface area contributed by atoms with Gasteiger partial charge < -0.3 is 5.73 Å². The highest BCUT2D eigenvalue weighted by Gasteiger charge is 2.22. The molecule has 6 nitrogen and oxygen atoms in total. The first-order valence-corrected chi connectivity index (χ1v) is 5.35. The predicted molar refractivity (Wildman–Crippen MR) is 58.3 cm³/mol. The van der Waals surface area contributed by atoms with E-state index in [1.807, 2.05) is 0 Å². The summed E-state index contributed by atoms with van der Waals surface area (Å²) in [7, 11) is 0. The van der Waals surface area contributed by atoms with E-state index in [9.17, 15) is 18.1 Å². The average molecular weight is 287 g/mol. The van der Waals surface area contributed by atoms with Crippen LogP contribution in [0.1, 0.15) is 11.1 Å². The van der Waals surface area contributed by atoms with Crippen molar-refractivity contribution in [1.29, 1.82) is 10.5 Å². The van der Waals surface area contributed by atoms with Crippen LogP contribution in [0.4, 0.5) is 19.2 Å². The molecule has 19 heavy (non-hydrogen) atoms. The van der Waals surface area contributed by atoms with Gasteiger partial charge in [-0.1, -0.05) is 20.7 Å². The molecule has 0 spiro atoms. The second kappa shape index (κ2) is 5.93. The van der Waals surface area contributed by atoms with E-state index in [2.05, 4.69) is 10.7 Å². The molecule has 0 aliphatic carbocycles. The number of halogens is 3. The fourth-order valence-corrected chi connectivity index (χ4v) is 1.71. The molecule has 1 rings (SSSR count). The number of nitrogens with two attached hydrogens (primary N) is 1. The van der Waals surface area contributed by atoms with Crippen LogP contribution in [-0.2, 0) is 4.79 Å². The molecular formula is C9H4F3N5OS. The van der Waals surface area contributed by atoms with Crippen molar-refractivity contribution in [2.75, 3.05) is 5.34 Å². The predicted octanol–water partition coefficient (Wildman–Crippen LogP) is 1.27. The van der Waals surface area contributed by atoms with Crippen LogP contribution < -0.4 is 11.1 Å². The van der Waals surface area contributed by atoms with Gasteiger partial charge in [0.1, 0.15) is 22.7 Å². The highest BCUT2D eigenvalue weighted by atomic mass is 32.2. The van der Waals surface area contributed by atoms with Gasteiger partial charge >= 0.3 is 0 Å². The maximum atomic E-state index is 13.1. The Bertz CT molecular complexity index is 595. The summed E-state index contributed by atoms with van der Waals surface area (Å²) in [5.41, 5.74) is 1.57. The Hall–Kier alpha value is -2.46. The number of carbonyl (C=O) groups excluding carboxylic acids is 1. The maximum Gasteiger partial charge on any atom is 0.262 e. The quantitative estimate of drug-likeness (QED) is 0.660. The fourth-order valence-electron chi connectivity index (χ4n) is 1.02. The van der Waals surface area contributed by atoms with Gasteiger partial charge in [0.15, 0.2) is 0 Å². The third kappa shape index (κ3) is 3.26. The van der Waals surface area contributed by atoms with Gasteiger partial charge in [0, 0.05) is 0 Å². The molecular weight excluding hydrogens is 283 g/mol. The molecule has 0 fully saturated rings. The molecule has 2 N–H and O–H groups in total. The number of nitrogens with zero attached hydrogens (tertiary/aromatic N) is 4. The Morgan fingerprint density at radius 3 is 2.42 bits per heavy atom. The number of pyridine rings is 1. The van der Waals surface area contributed by atoms with E-state index in [0.717, 1.165) is 6.07 Å². The van der Waals surface area contributed by atoms with Gasteiger partial charge in [-0.25, -0.2) is 9.37 Å². The first-order chi connectivity index (χ1) is 8.90. The van der Waals surface area contributed by atoms with Gasteiger partial charge in [0.25, 0.3) is 5.91 Å². The van der Waals surface area contributed by atoms with E-state index in [1.54, 1.807) is 6.07 Å². The van der Waals surface area contributed by atoms with Crippen molar-refractivity contribution in [3.05, 3.63) is 17.2 Å². The van der Waals surface area contributed by atoms with Gasteiger partial charge in [0.2, 0.25) is 11.3 Å². The van der Waals surface area contributed by atoms with E-state index >= 15 is 0 Å². The van der Waals surface area contributed by atoms with E-state index in [4.69, 9.17) is 10.5 Å². The van der Waals surface area contributed by atoms with Gasteiger partial charge in [-0.3, -0.25) is 4.79 Å². The van der Waals surface area contributed by atoms with Gasteiger partial charge in [0.05, 0.1) is 5.56 Å². The zero-order chi connectivity index (χ0) is 14.6. The summed E-state index contributed by atoms with van der Waals surface area (Å²) in [6.45, 7) is 0. The summed E-state index contributed by atoms with van der Waals surface area (Å²) < 4.78 is 38.1. The first kappa shape index (κ1) is 14.6. The van der Waals surface area contributed by atoms with Crippen LogP contribution in [-0.4, -0.2) is 16.4 Å². The van der Waals surface area contributed by atoms with Crippen LogP contribution in [0.15, 0.2) is 11.1 Å². The van der Waals surface area contributed by atoms with Crippen LogP contribution in [0, 0.1) is 22.7 Å². The van der Waals surface area contributed by atoms with Crippen molar-refractivity contribution in [1.82, 2.24) is 4.98 Å². The Balaban J connectivity index is 3.32. The van der Waals surface area contributed by atoms with Gasteiger partial charge in [-0.05, 0) is 11.4 Å². The highest BCUT2D eigenvalue weighted by molar-refractivity contribution is 8.00. The number of nitriles is 2. The number of carbonyl (C=O) groups is 1. The normalized spacial score (nSPS) is 11.2. The van der Waals surface area contributed by atoms with E-state index in [-0.39, 0.29) is 17.3 Å². The smallest absolute Gasteiger partial charge is 0.262 e. The van der Waals surface area contributed by atoms with Crippen molar-refractivity contribution in [2.45, 2.75) is 10.5 Å². The number of rotatable bonds is 4. The van der Waals surface area contributed by atoms with Crippen LogP contribution in [0.3, 0.4) is 0 Å². The molecule has 10 heteroatoms. The van der Waals surface area contributed by atoms with Crippen molar-refractivity contribution in [2.24, 2.45) is 5.73 Å². The maximum absolute atomic E-state index is 13.1. The summed E-state index contributed by atoms with van der Waals surface area (Å²) in [5, 5.41) is 15.5. The molecule has 0 bridgehead atoms. The van der Waals surface area contributed by atoms with E-state index in [1.165, 1.54) is 6.07 Å². The number of hydrogen-bond acceptors (Lipinski definition) is 6. The number of primary amides is 1. The average Bonchev–Trinajstić information content (AvgIpc) is 2.37. The van der Waals surface area contributed by atoms with E-state index in [0.29, 0.717) is 0 Å². The topological polar surface area (TPSA) is 107 Å². The minimum atomic E-state index is -2.24. The lowest BCUT2D eigenvalue weighted by molar-refractivity contribution is -0.119. The number of amides is 1. The molecule has 0 saturated carbocycles. The standard InChI is InChI=1S/C9H4F3N5OS/c10-6(7(15)18)19-9-5(3-14)1-4(2-13)8(16-9)17(11)12/h1,6H,(H2,15,18). The Kier molecular flexibility index (Phi) is 4.56. The summed E-state index contributed by atoms with van der Waals surface area (Å²) in [5.74, 6) is -2.38. The Morgan fingerprint density at radius 1 is 1.42 bits per heavy atom. The second-order valence-corrected chi connectivity index (χ2v) is 4.04. The molecule has 1 atom stereocenters. The van der Waals surface area contributed by atoms with Crippen molar-refractivity contribution >= 4 is 23.5 Å². The molecule has 1 aromatic rings. The number of alkyl halides is 1. The van der Waals surface area contributed by atoms with E-state index < -0.39 is 33.2 Å². The Morgan fingerprint density at radius 2 is 2.00 bits per heavy atom. The lowest BCUT2D eigenvalue weighted by Crippen LogP contribution is -2.21. The van der Waals surface area contributed by atoms with Crippen LogP contribution in [0.2, 0.25) is 0 Å². The zero-order valence-corrected chi connectivity index (χ0v) is 9.79. The molecule has 1 amide bonds. The summed E-state index contributed by atoms with van der Waals surface area (Å²) >= 11 is 0.109. The summed E-state index contributed by atoms with van der Waals surface area (Å²) in [4.78, 5) is 13.8. The molecule has 0 aliphatic heterocycles. The van der Waals surface area contributed by atoms with Crippen molar-refractivity contribution in [3.63, 3.8) is 0 Å². The second-order valence-electron chi connectivity index (χ2n) is 3.01. The molecule has 98 valence electrons. The van der Waals surface area contributed by atoms with Crippen LogP contribution in [0.25, 0.3) is 0 Å². The van der Waals surface area contributed by atoms with Crippen LogP contribution >= 0.6 is 11.8 Å². The Labute approximate surface area is 109 Å². The molecule has 0 saturated heterocycles. The SMILES string of the molecule is N#Cc1cc(C#N)c(N(F)F)nc1SC(F)C(N)=O. The highest BCUT2D eigenvalue weighted by Crippen LogP contribution is 2.30. The third-order valence-corrected chi connectivity index (χ3v) is 2.78. The van der Waals surface area contributed by atoms with Crippen molar-refractivity contribution < 1.29 is 18.1 Å². The minimum Gasteiger partial charge on any atom is -0.366 e. The monoisotopic (exact) mass is 287 g/mol. The minimum absolute atomic E-state index is 0.109. The molecule has 1 aromatic heterocycles. The number of hydrogen-bond donors (Lipinski definition) is 1. The fraction of sp³-hybridized carbons (Fsp3) is 0.111. The summed E-state index contributed by atoms with van der Waals surface area (Å²) in [6, 6.07) is 3.81.